The van der Waals surface area contributed by atoms with Gasteiger partial charge in [-0.3, -0.25) is 9.78 Å². The lowest BCUT2D eigenvalue weighted by molar-refractivity contribution is -0.135. The highest BCUT2D eigenvalue weighted by Crippen LogP contribution is 2.45. The van der Waals surface area contributed by atoms with Crippen LogP contribution in [0.1, 0.15) is 23.5 Å². The van der Waals surface area contributed by atoms with Gasteiger partial charge in [0.2, 0.25) is 0 Å². The van der Waals surface area contributed by atoms with Crippen molar-refractivity contribution in [2.45, 2.75) is 12.3 Å². The second kappa shape index (κ2) is 4.28. The number of aromatic nitrogens is 1. The Morgan fingerprint density at radius 2 is 1.95 bits per heavy atom. The van der Waals surface area contributed by atoms with Crippen LogP contribution in [0.5, 0.6) is 17.2 Å². The summed E-state index contributed by atoms with van der Waals surface area (Å²) in [4.78, 5) is 15.6. The van der Waals surface area contributed by atoms with Crippen molar-refractivity contribution in [1.29, 1.82) is 0 Å². The first-order valence-corrected chi connectivity index (χ1v) is 5.81. The number of carbonyl (C=O) groups is 1. The van der Waals surface area contributed by atoms with E-state index in [-0.39, 0.29) is 35.6 Å². The lowest BCUT2D eigenvalue weighted by Crippen LogP contribution is -2.21. The number of pyridine rings is 1. The molecule has 0 saturated carbocycles. The van der Waals surface area contributed by atoms with E-state index in [1.807, 2.05) is 0 Å². The fraction of sp³-hybridized carbons (Fsp3) is 0.143. The molecule has 0 amide bonds. The normalized spacial score (nSPS) is 17.7. The van der Waals surface area contributed by atoms with Crippen molar-refractivity contribution < 1.29 is 19.7 Å². The minimum absolute atomic E-state index is 0.0793. The third-order valence-corrected chi connectivity index (χ3v) is 3.16. The molecule has 0 bridgehead atoms. The summed E-state index contributed by atoms with van der Waals surface area (Å²) in [5, 5.41) is 19.4. The third kappa shape index (κ3) is 1.99. The van der Waals surface area contributed by atoms with Crippen LogP contribution in [-0.4, -0.2) is 21.2 Å². The zero-order valence-corrected chi connectivity index (χ0v) is 9.91. The van der Waals surface area contributed by atoms with Crippen LogP contribution in [0, 0.1) is 0 Å². The van der Waals surface area contributed by atoms with Gasteiger partial charge in [-0.1, -0.05) is 0 Å². The van der Waals surface area contributed by atoms with Gasteiger partial charge in [-0.2, -0.15) is 0 Å². The molecule has 2 heterocycles. The highest BCUT2D eigenvalue weighted by Gasteiger charge is 2.31. The van der Waals surface area contributed by atoms with E-state index in [4.69, 9.17) is 4.74 Å². The van der Waals surface area contributed by atoms with E-state index in [0.717, 1.165) is 5.56 Å². The summed E-state index contributed by atoms with van der Waals surface area (Å²) in [5.74, 6) is -0.696. The molecule has 0 saturated heterocycles. The van der Waals surface area contributed by atoms with Gasteiger partial charge in [0.15, 0.2) is 0 Å². The van der Waals surface area contributed by atoms with Crippen LogP contribution < -0.4 is 4.74 Å². The number of hydrogen-bond acceptors (Lipinski definition) is 5. The summed E-state index contributed by atoms with van der Waals surface area (Å²) in [6.45, 7) is 0. The molecule has 0 unspecified atom stereocenters. The summed E-state index contributed by atoms with van der Waals surface area (Å²) >= 11 is 0. The largest absolute Gasteiger partial charge is 0.508 e. The number of fused-ring (bicyclic) bond motifs is 1. The van der Waals surface area contributed by atoms with Crippen molar-refractivity contribution in [1.82, 2.24) is 4.98 Å². The molecular formula is C14H11NO4. The van der Waals surface area contributed by atoms with Crippen LogP contribution >= 0.6 is 0 Å². The summed E-state index contributed by atoms with van der Waals surface area (Å²) in [7, 11) is 0. The second-order valence-electron chi connectivity index (χ2n) is 4.39. The monoisotopic (exact) mass is 257 g/mol. The fourth-order valence-corrected chi connectivity index (χ4v) is 2.35. The van der Waals surface area contributed by atoms with Crippen LogP contribution in [0.15, 0.2) is 36.7 Å². The molecule has 1 aromatic heterocycles. The van der Waals surface area contributed by atoms with Gasteiger partial charge >= 0.3 is 5.97 Å². The molecule has 1 aromatic carbocycles. The van der Waals surface area contributed by atoms with E-state index >= 15 is 0 Å². The average molecular weight is 257 g/mol. The van der Waals surface area contributed by atoms with E-state index in [1.165, 1.54) is 12.1 Å². The summed E-state index contributed by atoms with van der Waals surface area (Å²) < 4.78 is 5.07. The maximum Gasteiger partial charge on any atom is 0.312 e. The SMILES string of the molecule is O=C1C[C@H](c2ccncc2)c2c(O)cc(O)cc2O1. The molecule has 19 heavy (non-hydrogen) atoms. The Morgan fingerprint density at radius 1 is 1.21 bits per heavy atom. The number of phenolic OH excluding ortho intramolecular Hbond substituents is 2. The highest BCUT2D eigenvalue weighted by atomic mass is 16.5. The topological polar surface area (TPSA) is 79.7 Å². The molecular weight excluding hydrogens is 246 g/mol. The van der Waals surface area contributed by atoms with Gasteiger partial charge in [-0.25, -0.2) is 0 Å². The summed E-state index contributed by atoms with van der Waals surface area (Å²) in [6, 6.07) is 6.16. The van der Waals surface area contributed by atoms with E-state index in [1.54, 1.807) is 24.5 Å². The van der Waals surface area contributed by atoms with Gasteiger partial charge in [0.05, 0.1) is 6.42 Å². The van der Waals surface area contributed by atoms with Gasteiger partial charge in [0.25, 0.3) is 0 Å². The quantitative estimate of drug-likeness (QED) is 0.602. The van der Waals surface area contributed by atoms with Crippen molar-refractivity contribution >= 4 is 5.97 Å². The predicted molar refractivity (Wildman–Crippen MR) is 66.1 cm³/mol. The van der Waals surface area contributed by atoms with Crippen LogP contribution in [0.25, 0.3) is 0 Å². The Kier molecular flexibility index (Phi) is 2.59. The lowest BCUT2D eigenvalue weighted by Gasteiger charge is -2.25. The minimum Gasteiger partial charge on any atom is -0.508 e. The molecule has 1 aliphatic heterocycles. The number of rotatable bonds is 1. The van der Waals surface area contributed by atoms with Crippen molar-refractivity contribution in [2.75, 3.05) is 0 Å². The average Bonchev–Trinajstić information content (AvgIpc) is 2.38. The molecule has 5 heteroatoms. The van der Waals surface area contributed by atoms with E-state index in [0.29, 0.717) is 5.56 Å². The molecule has 0 fully saturated rings. The second-order valence-corrected chi connectivity index (χ2v) is 4.39. The Morgan fingerprint density at radius 3 is 2.68 bits per heavy atom. The molecule has 1 atom stereocenters. The van der Waals surface area contributed by atoms with Crippen molar-refractivity contribution in [3.8, 4) is 17.2 Å². The summed E-state index contributed by atoms with van der Waals surface area (Å²) in [6.07, 6.45) is 3.41. The van der Waals surface area contributed by atoms with E-state index in [2.05, 4.69) is 4.98 Å². The molecule has 96 valence electrons. The standard InChI is InChI=1S/C14H11NO4/c16-9-5-11(17)14-10(8-1-3-15-4-2-8)7-13(18)19-12(14)6-9/h1-6,10,16-17H,7H2/t10-/m1/s1. The molecule has 5 nitrogen and oxygen atoms in total. The molecule has 2 N–H and O–H groups in total. The first-order valence-electron chi connectivity index (χ1n) is 5.81. The Labute approximate surface area is 109 Å². The number of nitrogens with zero attached hydrogens (tertiary/aromatic N) is 1. The minimum atomic E-state index is -0.390. The first kappa shape index (κ1) is 11.5. The van der Waals surface area contributed by atoms with Crippen LogP contribution in [-0.2, 0) is 4.79 Å². The molecule has 0 aliphatic carbocycles. The third-order valence-electron chi connectivity index (χ3n) is 3.16. The first-order chi connectivity index (χ1) is 9.15. The van der Waals surface area contributed by atoms with Crippen LogP contribution in [0.2, 0.25) is 0 Å². The zero-order valence-electron chi connectivity index (χ0n) is 9.91. The maximum atomic E-state index is 11.6. The maximum absolute atomic E-state index is 11.6. The zero-order chi connectivity index (χ0) is 13.4. The molecule has 1 aliphatic rings. The number of phenols is 2. The van der Waals surface area contributed by atoms with Crippen LogP contribution in [0.3, 0.4) is 0 Å². The summed E-state index contributed by atoms with van der Waals surface area (Å²) in [5.41, 5.74) is 1.39. The van der Waals surface area contributed by atoms with Crippen molar-refractivity contribution in [3.05, 3.63) is 47.8 Å². The number of esters is 1. The number of benzene rings is 1. The van der Waals surface area contributed by atoms with Gasteiger partial charge in [0, 0.05) is 36.0 Å². The Balaban J connectivity index is 2.17. The van der Waals surface area contributed by atoms with Gasteiger partial charge in [-0.15, -0.1) is 0 Å². The number of ether oxygens (including phenoxy) is 1. The van der Waals surface area contributed by atoms with Gasteiger partial charge < -0.3 is 14.9 Å². The molecule has 2 aromatic rings. The number of aromatic hydroxyl groups is 2. The van der Waals surface area contributed by atoms with E-state index in [9.17, 15) is 15.0 Å². The van der Waals surface area contributed by atoms with E-state index < -0.39 is 0 Å². The molecule has 0 radical (unpaired) electrons. The Hall–Kier alpha value is -2.56. The fourth-order valence-electron chi connectivity index (χ4n) is 2.35. The lowest BCUT2D eigenvalue weighted by atomic mass is 9.86. The van der Waals surface area contributed by atoms with Crippen molar-refractivity contribution in [3.63, 3.8) is 0 Å². The number of hydrogen-bond donors (Lipinski definition) is 2. The number of carbonyl (C=O) groups excluding carboxylic acids is 1. The van der Waals surface area contributed by atoms with Gasteiger partial charge in [-0.05, 0) is 17.7 Å². The molecule has 0 spiro atoms. The smallest absolute Gasteiger partial charge is 0.312 e. The van der Waals surface area contributed by atoms with Crippen LogP contribution in [0.4, 0.5) is 0 Å². The highest BCUT2D eigenvalue weighted by molar-refractivity contribution is 5.79. The van der Waals surface area contributed by atoms with Gasteiger partial charge in [0.1, 0.15) is 17.2 Å². The Bertz CT molecular complexity index is 639. The molecule has 3 rings (SSSR count). The predicted octanol–water partition coefficient (Wildman–Crippen LogP) is 1.93. The van der Waals surface area contributed by atoms with Crippen molar-refractivity contribution in [2.24, 2.45) is 0 Å².